The number of fused-ring (bicyclic) bond motifs is 1. The summed E-state index contributed by atoms with van der Waals surface area (Å²) >= 11 is 0. The number of hydrogen-bond acceptors (Lipinski definition) is 7. The molecule has 1 saturated heterocycles. The van der Waals surface area contributed by atoms with Gasteiger partial charge in [0.2, 0.25) is 0 Å². The molecule has 1 spiro atoms. The molecule has 5 atom stereocenters. The summed E-state index contributed by atoms with van der Waals surface area (Å²) in [7, 11) is 0. The smallest absolute Gasteiger partial charge is 0.200 e. The van der Waals surface area contributed by atoms with Gasteiger partial charge in [0.05, 0.1) is 6.61 Å². The van der Waals surface area contributed by atoms with E-state index in [9.17, 15) is 19.8 Å². The highest BCUT2D eigenvalue weighted by atomic mass is 16.6. The van der Waals surface area contributed by atoms with E-state index in [1.165, 1.54) is 6.07 Å². The van der Waals surface area contributed by atoms with Crippen LogP contribution in [0.5, 0.6) is 17.2 Å². The van der Waals surface area contributed by atoms with Crippen molar-refractivity contribution >= 4 is 11.6 Å². The standard InChI is InChI=1S/C33H43NO6/c1-17(2)9-10-21-26(35)14-27(36)28-29(37)24-13-22-23(15-34(19(5)6)20(7)8)25-16-39-32(31(22)38,12-11-18(3)4)33(24,25)40-30(21)28/h9,11,13-14,19-20,22-23,25,35-36H,10,12,15-16H2,1-8H3/t22-,23+,25-,32+,33-/m1/s1. The summed E-state index contributed by atoms with van der Waals surface area (Å²) in [5, 5.41) is 21.8. The molecule has 2 heterocycles. The normalized spacial score (nSPS) is 29.9. The van der Waals surface area contributed by atoms with Crippen LogP contribution in [0, 0.1) is 17.8 Å². The van der Waals surface area contributed by atoms with E-state index in [0.29, 0.717) is 37.1 Å². The maximum Gasteiger partial charge on any atom is 0.200 e. The molecule has 6 rings (SSSR count). The third-order valence-corrected chi connectivity index (χ3v) is 9.39. The van der Waals surface area contributed by atoms with Crippen molar-refractivity contribution in [2.75, 3.05) is 13.2 Å². The number of Topliss-reactive ketones (excluding diaryl/α,β-unsaturated/α-hetero) is 2. The predicted octanol–water partition coefficient (Wildman–Crippen LogP) is 5.54. The minimum Gasteiger partial charge on any atom is -0.507 e. The minimum absolute atomic E-state index is 0.0473. The summed E-state index contributed by atoms with van der Waals surface area (Å²) in [5.74, 6) is -1.56. The van der Waals surface area contributed by atoms with E-state index in [0.717, 1.165) is 11.1 Å². The number of carbonyl (C=O) groups is 2. The maximum atomic E-state index is 14.5. The Labute approximate surface area is 237 Å². The molecular formula is C33H43NO6. The summed E-state index contributed by atoms with van der Waals surface area (Å²) < 4.78 is 13.5. The summed E-state index contributed by atoms with van der Waals surface area (Å²) in [4.78, 5) is 31.2. The Morgan fingerprint density at radius 1 is 1.05 bits per heavy atom. The van der Waals surface area contributed by atoms with Crippen LogP contribution >= 0.6 is 0 Å². The van der Waals surface area contributed by atoms with Crippen molar-refractivity contribution in [3.8, 4) is 17.2 Å². The van der Waals surface area contributed by atoms with Gasteiger partial charge < -0.3 is 19.7 Å². The maximum absolute atomic E-state index is 14.5. The zero-order valence-electron chi connectivity index (χ0n) is 25.0. The molecule has 3 aliphatic carbocycles. The first-order valence-corrected chi connectivity index (χ1v) is 14.5. The molecule has 216 valence electrons. The Hall–Kier alpha value is -2.90. The molecular weight excluding hydrogens is 506 g/mol. The highest BCUT2D eigenvalue weighted by Crippen LogP contribution is 2.65. The van der Waals surface area contributed by atoms with Gasteiger partial charge in [-0.15, -0.1) is 0 Å². The molecule has 1 aromatic carbocycles. The fraction of sp³-hybridized carbons (Fsp3) is 0.576. The van der Waals surface area contributed by atoms with Crippen molar-refractivity contribution in [1.29, 1.82) is 0 Å². The zero-order chi connectivity index (χ0) is 29.3. The van der Waals surface area contributed by atoms with E-state index in [4.69, 9.17) is 9.47 Å². The number of rotatable bonds is 8. The van der Waals surface area contributed by atoms with Gasteiger partial charge in [0.1, 0.15) is 22.8 Å². The van der Waals surface area contributed by atoms with Crippen molar-refractivity contribution in [1.82, 2.24) is 4.90 Å². The lowest BCUT2D eigenvalue weighted by molar-refractivity contribution is -0.171. The third-order valence-electron chi connectivity index (χ3n) is 9.39. The average Bonchev–Trinajstić information content (AvgIpc) is 3.14. The summed E-state index contributed by atoms with van der Waals surface area (Å²) in [6, 6.07) is 1.76. The molecule has 1 aromatic rings. The van der Waals surface area contributed by atoms with Gasteiger partial charge >= 0.3 is 0 Å². The highest BCUT2D eigenvalue weighted by Gasteiger charge is 2.79. The van der Waals surface area contributed by atoms with Crippen molar-refractivity contribution in [2.45, 2.75) is 91.5 Å². The molecule has 40 heavy (non-hydrogen) atoms. The number of allylic oxidation sites excluding steroid dienone is 4. The Morgan fingerprint density at radius 3 is 2.30 bits per heavy atom. The zero-order valence-corrected chi connectivity index (χ0v) is 25.0. The number of benzene rings is 1. The summed E-state index contributed by atoms with van der Waals surface area (Å²) in [6.45, 7) is 17.5. The Bertz CT molecular complexity index is 1340. The fourth-order valence-corrected chi connectivity index (χ4v) is 7.49. The average molecular weight is 550 g/mol. The second kappa shape index (κ2) is 9.88. The topological polar surface area (TPSA) is 96.3 Å². The highest BCUT2D eigenvalue weighted by molar-refractivity contribution is 6.18. The molecule has 2 fully saturated rings. The van der Waals surface area contributed by atoms with Gasteiger partial charge in [0.25, 0.3) is 0 Å². The summed E-state index contributed by atoms with van der Waals surface area (Å²) in [6.07, 6.45) is 6.36. The van der Waals surface area contributed by atoms with Crippen molar-refractivity contribution in [3.63, 3.8) is 0 Å². The van der Waals surface area contributed by atoms with Crippen LogP contribution in [0.3, 0.4) is 0 Å². The summed E-state index contributed by atoms with van der Waals surface area (Å²) in [5.41, 5.74) is 0.257. The SMILES string of the molecule is CC(C)=CCc1c(O)cc(O)c2c1O[C@@]13C(=C[C@H]4C(=O)[C@]1(CC=C(C)C)OC[C@@H]3[C@H]4CN(C(C)C)C(C)C)C2=O. The third kappa shape index (κ3) is 3.92. The molecule has 0 amide bonds. The van der Waals surface area contributed by atoms with E-state index in [1.54, 1.807) is 0 Å². The fourth-order valence-electron chi connectivity index (χ4n) is 7.49. The number of aromatic hydroxyl groups is 2. The van der Waals surface area contributed by atoms with Crippen LogP contribution in [0.4, 0.5) is 0 Å². The number of ether oxygens (including phenoxy) is 2. The molecule has 0 radical (unpaired) electrons. The Balaban J connectivity index is 1.75. The van der Waals surface area contributed by atoms with Gasteiger partial charge in [0, 0.05) is 54.1 Å². The first kappa shape index (κ1) is 28.6. The number of ketones is 2. The Morgan fingerprint density at radius 2 is 1.70 bits per heavy atom. The predicted molar refractivity (Wildman–Crippen MR) is 154 cm³/mol. The van der Waals surface area contributed by atoms with Crippen LogP contribution in [0.15, 0.2) is 41.0 Å². The van der Waals surface area contributed by atoms with Crippen LogP contribution < -0.4 is 4.74 Å². The number of hydrogen-bond donors (Lipinski definition) is 2. The molecule has 2 aliphatic heterocycles. The van der Waals surface area contributed by atoms with Gasteiger partial charge in [-0.25, -0.2) is 0 Å². The number of nitrogens with zero attached hydrogens (tertiary/aromatic N) is 1. The van der Waals surface area contributed by atoms with Gasteiger partial charge in [-0.05, 0) is 67.7 Å². The quantitative estimate of drug-likeness (QED) is 0.411. The van der Waals surface area contributed by atoms with Crippen LogP contribution in [0.2, 0.25) is 0 Å². The number of phenolic OH excluding ortho intramolecular Hbond substituents is 2. The second-order valence-corrected chi connectivity index (χ2v) is 13.0. The van der Waals surface area contributed by atoms with Crippen LogP contribution in [-0.4, -0.2) is 63.1 Å². The van der Waals surface area contributed by atoms with Gasteiger partial charge in [-0.3, -0.25) is 14.5 Å². The molecule has 0 unspecified atom stereocenters. The van der Waals surface area contributed by atoms with Gasteiger partial charge in [-0.2, -0.15) is 0 Å². The first-order chi connectivity index (χ1) is 18.8. The monoisotopic (exact) mass is 549 g/mol. The van der Waals surface area contributed by atoms with Crippen LogP contribution in [0.1, 0.15) is 77.7 Å². The van der Waals surface area contributed by atoms with Gasteiger partial charge in [-0.1, -0.05) is 29.4 Å². The van der Waals surface area contributed by atoms with E-state index in [2.05, 4.69) is 32.6 Å². The van der Waals surface area contributed by atoms with Crippen molar-refractivity contribution in [2.24, 2.45) is 17.8 Å². The minimum atomic E-state index is -1.36. The molecule has 4 bridgehead atoms. The molecule has 7 heteroatoms. The van der Waals surface area contributed by atoms with Gasteiger partial charge in [0.15, 0.2) is 22.8 Å². The van der Waals surface area contributed by atoms with E-state index >= 15 is 0 Å². The second-order valence-electron chi connectivity index (χ2n) is 13.0. The molecule has 0 aromatic heterocycles. The Kier molecular flexibility index (Phi) is 7.07. The lowest BCUT2D eigenvalue weighted by Gasteiger charge is -2.59. The number of phenols is 2. The van der Waals surface area contributed by atoms with Crippen LogP contribution in [0.25, 0.3) is 0 Å². The van der Waals surface area contributed by atoms with Crippen LogP contribution in [-0.2, 0) is 16.0 Å². The molecule has 1 saturated carbocycles. The number of carbonyl (C=O) groups excluding carboxylic acids is 2. The van der Waals surface area contributed by atoms with E-state index < -0.39 is 17.1 Å². The molecule has 2 N–H and O–H groups in total. The molecule has 7 nitrogen and oxygen atoms in total. The van der Waals surface area contributed by atoms with E-state index in [-0.39, 0.29) is 58.3 Å². The lowest BCUT2D eigenvalue weighted by Crippen LogP contribution is -2.74. The lowest BCUT2D eigenvalue weighted by atomic mass is 9.49. The largest absolute Gasteiger partial charge is 0.507 e. The van der Waals surface area contributed by atoms with Crippen molar-refractivity contribution in [3.05, 3.63) is 52.1 Å². The molecule has 5 aliphatic rings. The first-order valence-electron chi connectivity index (χ1n) is 14.5. The van der Waals surface area contributed by atoms with Crippen molar-refractivity contribution < 1.29 is 29.3 Å². The van der Waals surface area contributed by atoms with E-state index in [1.807, 2.05) is 45.9 Å².